The highest BCUT2D eigenvalue weighted by molar-refractivity contribution is 6.46. The Bertz CT molecular complexity index is 1080. The molecule has 0 aromatic heterocycles. The summed E-state index contributed by atoms with van der Waals surface area (Å²) in [7, 11) is -2.33. The summed E-state index contributed by atoms with van der Waals surface area (Å²) in [6, 6.07) is 18.6. The van der Waals surface area contributed by atoms with Crippen molar-refractivity contribution in [3.63, 3.8) is 0 Å². The van der Waals surface area contributed by atoms with Gasteiger partial charge in [0.25, 0.3) is 0 Å². The maximum Gasteiger partial charge on any atom is 0.478 e. The van der Waals surface area contributed by atoms with Crippen molar-refractivity contribution in [3.05, 3.63) is 71.8 Å². The van der Waals surface area contributed by atoms with Crippen LogP contribution >= 0.6 is 0 Å². The fourth-order valence-corrected chi connectivity index (χ4v) is 4.79. The number of benzene rings is 2. The molecule has 224 valence electrons. The molecule has 42 heavy (non-hydrogen) atoms. The molecule has 2 saturated heterocycles. The molecule has 2 unspecified atom stereocenters. The van der Waals surface area contributed by atoms with E-state index in [4.69, 9.17) is 19.5 Å². The third-order valence-corrected chi connectivity index (χ3v) is 6.86. The molecule has 6 N–H and O–H groups in total. The molecule has 2 aliphatic heterocycles. The van der Waals surface area contributed by atoms with Crippen molar-refractivity contribution in [3.8, 4) is 0 Å². The molecule has 12 nitrogen and oxygen atoms in total. The molecule has 0 spiro atoms. The van der Waals surface area contributed by atoms with Crippen molar-refractivity contribution in [2.45, 2.75) is 75.5 Å². The minimum Gasteiger partial charge on any atom is -0.481 e. The van der Waals surface area contributed by atoms with Crippen LogP contribution < -0.4 is 10.6 Å². The minimum absolute atomic E-state index is 0.137. The van der Waals surface area contributed by atoms with E-state index in [1.165, 1.54) is 0 Å². The van der Waals surface area contributed by atoms with Gasteiger partial charge in [-0.2, -0.15) is 0 Å². The summed E-state index contributed by atoms with van der Waals surface area (Å²) in [5.74, 6) is -3.29. The second-order valence-corrected chi connectivity index (χ2v) is 10.3. The lowest BCUT2D eigenvalue weighted by Gasteiger charge is -2.30. The van der Waals surface area contributed by atoms with Crippen LogP contribution in [-0.2, 0) is 41.3 Å². The highest BCUT2D eigenvalue weighted by Gasteiger charge is 2.37. The lowest BCUT2D eigenvalue weighted by molar-refractivity contribution is -0.140. The zero-order valence-electron chi connectivity index (χ0n) is 23.1. The molecule has 2 aromatic carbocycles. The molecule has 4 rings (SSSR count). The van der Waals surface area contributed by atoms with Gasteiger partial charge >= 0.3 is 26.2 Å². The van der Waals surface area contributed by atoms with Crippen LogP contribution in [0.15, 0.2) is 60.7 Å². The van der Waals surface area contributed by atoms with Crippen molar-refractivity contribution in [2.24, 2.45) is 0 Å². The number of hydrogen-bond donors (Lipinski definition) is 6. The van der Waals surface area contributed by atoms with Crippen LogP contribution in [0, 0.1) is 0 Å². The Balaban J connectivity index is 0.000000230. The summed E-state index contributed by atoms with van der Waals surface area (Å²) < 4.78 is 10.4. The first kappa shape index (κ1) is 32.8. The smallest absolute Gasteiger partial charge is 0.478 e. The first-order valence-electron chi connectivity index (χ1n) is 13.9. The summed E-state index contributed by atoms with van der Waals surface area (Å²) in [6.07, 6.45) is 1.20. The summed E-state index contributed by atoms with van der Waals surface area (Å²) in [5.41, 5.74) is 1.79. The standard InChI is InChI=1S/2C14H18BNO5/c2*17-13(8-10-4-2-1-3-5-10)16-12-7-6-11(9-14(18)19)21-15(12)20/h2*1-5,11-12,20H,6-9H2,(H,16,17)(H,18,19)/t2*11?,12-/m00/s1. The predicted molar refractivity (Wildman–Crippen MR) is 153 cm³/mol. The number of carbonyl (C=O) groups is 4. The third kappa shape index (κ3) is 11.6. The number of amides is 2. The zero-order valence-corrected chi connectivity index (χ0v) is 23.1. The number of nitrogens with one attached hydrogen (secondary N) is 2. The van der Waals surface area contributed by atoms with Crippen LogP contribution in [0.4, 0.5) is 0 Å². The van der Waals surface area contributed by atoms with Gasteiger partial charge < -0.3 is 40.2 Å². The van der Waals surface area contributed by atoms with Gasteiger partial charge in [-0.05, 0) is 36.8 Å². The molecule has 2 fully saturated rings. The monoisotopic (exact) mass is 582 g/mol. The van der Waals surface area contributed by atoms with E-state index < -0.39 is 50.3 Å². The molecule has 2 aromatic rings. The molecule has 2 aliphatic rings. The number of carboxylic acid groups (broad SMARTS) is 2. The van der Waals surface area contributed by atoms with E-state index in [2.05, 4.69) is 10.6 Å². The average Bonchev–Trinajstić information content (AvgIpc) is 2.93. The highest BCUT2D eigenvalue weighted by Crippen LogP contribution is 2.20. The maximum absolute atomic E-state index is 11.9. The van der Waals surface area contributed by atoms with Crippen molar-refractivity contribution < 1.29 is 48.7 Å². The van der Waals surface area contributed by atoms with Gasteiger partial charge in [-0.25, -0.2) is 0 Å². The quantitative estimate of drug-likeness (QED) is 0.218. The van der Waals surface area contributed by atoms with E-state index in [0.717, 1.165) is 11.1 Å². The first-order valence-corrected chi connectivity index (χ1v) is 13.9. The topological polar surface area (TPSA) is 192 Å². The van der Waals surface area contributed by atoms with E-state index in [1.807, 2.05) is 60.7 Å². The second-order valence-electron chi connectivity index (χ2n) is 10.3. The normalized spacial score (nSPS) is 21.9. The Labute approximate surface area is 244 Å². The highest BCUT2D eigenvalue weighted by atomic mass is 16.5. The molecule has 0 radical (unpaired) electrons. The number of hydrogen-bond acceptors (Lipinski definition) is 8. The summed E-state index contributed by atoms with van der Waals surface area (Å²) in [5, 5.41) is 42.5. The van der Waals surface area contributed by atoms with Crippen molar-refractivity contribution in [2.75, 3.05) is 0 Å². The Kier molecular flexibility index (Phi) is 13.0. The molecule has 14 heteroatoms. The van der Waals surface area contributed by atoms with Crippen molar-refractivity contribution >= 4 is 38.0 Å². The molecular weight excluding hydrogens is 546 g/mol. The molecule has 2 heterocycles. The third-order valence-electron chi connectivity index (χ3n) is 6.86. The number of carbonyl (C=O) groups excluding carboxylic acids is 2. The summed E-state index contributed by atoms with van der Waals surface area (Å²) in [4.78, 5) is 45.0. The minimum atomic E-state index is -1.16. The van der Waals surface area contributed by atoms with Gasteiger partial charge in [-0.1, -0.05) is 60.7 Å². The van der Waals surface area contributed by atoms with Gasteiger partial charge in [0.05, 0.1) is 49.8 Å². The molecule has 0 aliphatic carbocycles. The van der Waals surface area contributed by atoms with Gasteiger partial charge in [-0.3, -0.25) is 19.2 Å². The van der Waals surface area contributed by atoms with E-state index >= 15 is 0 Å². The van der Waals surface area contributed by atoms with Crippen LogP contribution in [-0.4, -0.2) is 82.3 Å². The molecule has 0 saturated carbocycles. The van der Waals surface area contributed by atoms with Gasteiger partial charge in [0, 0.05) is 0 Å². The van der Waals surface area contributed by atoms with Crippen LogP contribution in [0.2, 0.25) is 0 Å². The van der Waals surface area contributed by atoms with Crippen LogP contribution in [0.3, 0.4) is 0 Å². The SMILES string of the molecule is O=C(O)CC1CC[C@H](NC(=O)Cc2ccccc2)B(O)O1.O=C(O)CC1CC[C@H](NC(=O)Cc2ccccc2)B(O)O1. The lowest BCUT2D eigenvalue weighted by atomic mass is 9.72. The Hall–Kier alpha value is -3.71. The Morgan fingerprint density at radius 3 is 1.31 bits per heavy atom. The van der Waals surface area contributed by atoms with E-state index in [9.17, 15) is 29.2 Å². The Morgan fingerprint density at radius 2 is 1.00 bits per heavy atom. The van der Waals surface area contributed by atoms with E-state index in [0.29, 0.717) is 25.7 Å². The van der Waals surface area contributed by atoms with Gasteiger partial charge in [0.15, 0.2) is 0 Å². The van der Waals surface area contributed by atoms with Crippen LogP contribution in [0.1, 0.15) is 49.7 Å². The maximum atomic E-state index is 11.9. The van der Waals surface area contributed by atoms with Gasteiger partial charge in [0.2, 0.25) is 11.8 Å². The second kappa shape index (κ2) is 16.7. The largest absolute Gasteiger partial charge is 0.481 e. The molecule has 4 atom stereocenters. The number of aliphatic carboxylic acids is 2. The summed E-state index contributed by atoms with van der Waals surface area (Å²) >= 11 is 0. The van der Waals surface area contributed by atoms with Crippen LogP contribution in [0.25, 0.3) is 0 Å². The molecule has 2 amide bonds. The first-order chi connectivity index (χ1) is 20.1. The van der Waals surface area contributed by atoms with E-state index in [-0.39, 0.29) is 37.5 Å². The predicted octanol–water partition coefficient (Wildman–Crippen LogP) is 0.775. The van der Waals surface area contributed by atoms with Crippen molar-refractivity contribution in [1.82, 2.24) is 10.6 Å². The molecule has 0 bridgehead atoms. The fraction of sp³-hybridized carbons (Fsp3) is 0.429. The van der Waals surface area contributed by atoms with Gasteiger partial charge in [0.1, 0.15) is 0 Å². The lowest BCUT2D eigenvalue weighted by Crippen LogP contribution is -2.53. The Morgan fingerprint density at radius 1 is 0.643 bits per heavy atom. The van der Waals surface area contributed by atoms with Crippen LogP contribution in [0.5, 0.6) is 0 Å². The zero-order chi connectivity index (χ0) is 30.5. The van der Waals surface area contributed by atoms with Crippen molar-refractivity contribution in [1.29, 1.82) is 0 Å². The average molecular weight is 582 g/mol. The fourth-order valence-electron chi connectivity index (χ4n) is 4.79. The molecular formula is C28H36B2N2O10. The van der Waals surface area contributed by atoms with Gasteiger partial charge in [-0.15, -0.1) is 0 Å². The summed E-state index contributed by atoms with van der Waals surface area (Å²) in [6.45, 7) is 0. The number of carboxylic acids is 2. The van der Waals surface area contributed by atoms with E-state index in [1.54, 1.807) is 0 Å². The number of rotatable bonds is 10.